The summed E-state index contributed by atoms with van der Waals surface area (Å²) in [5.74, 6) is 0.0000105. The number of hydrogen-bond donors (Lipinski definition) is 0. The summed E-state index contributed by atoms with van der Waals surface area (Å²) in [7, 11) is 0. The molecule has 0 saturated carbocycles. The highest BCUT2D eigenvalue weighted by atomic mass is 16.6. The maximum absolute atomic E-state index is 12.7. The van der Waals surface area contributed by atoms with Crippen LogP contribution < -0.4 is 4.90 Å². The molecule has 2 aromatic heterocycles. The van der Waals surface area contributed by atoms with Crippen LogP contribution in [-0.2, 0) is 20.7 Å². The van der Waals surface area contributed by atoms with Crippen LogP contribution in [0.5, 0.6) is 0 Å². The highest BCUT2D eigenvalue weighted by Crippen LogP contribution is 2.31. The van der Waals surface area contributed by atoms with Crippen molar-refractivity contribution in [2.24, 2.45) is 0 Å². The van der Waals surface area contributed by atoms with Crippen LogP contribution in [0, 0.1) is 0 Å². The molecule has 0 N–H and O–H groups in total. The van der Waals surface area contributed by atoms with Crippen molar-refractivity contribution < 1.29 is 23.6 Å². The molecule has 0 radical (unpaired) electrons. The van der Waals surface area contributed by atoms with Crippen molar-refractivity contribution in [2.75, 3.05) is 11.5 Å². The van der Waals surface area contributed by atoms with Gasteiger partial charge in [0.05, 0.1) is 24.1 Å². The average Bonchev–Trinajstić information content (AvgIpc) is 3.22. The minimum Gasteiger partial charge on any atom is -0.501 e. The van der Waals surface area contributed by atoms with Crippen LogP contribution in [0.25, 0.3) is 11.3 Å². The van der Waals surface area contributed by atoms with Crippen molar-refractivity contribution in [3.63, 3.8) is 0 Å². The third-order valence-electron chi connectivity index (χ3n) is 4.44. The molecule has 182 valence electrons. The van der Waals surface area contributed by atoms with Gasteiger partial charge in [-0.15, -0.1) is 0 Å². The van der Waals surface area contributed by atoms with Gasteiger partial charge in [-0.05, 0) is 58.7 Å². The molecule has 2 aromatic rings. The summed E-state index contributed by atoms with van der Waals surface area (Å²) in [6, 6.07) is 5.19. The van der Waals surface area contributed by atoms with Crippen molar-refractivity contribution in [1.29, 1.82) is 0 Å². The summed E-state index contributed by atoms with van der Waals surface area (Å²) < 4.78 is 16.3. The van der Waals surface area contributed by atoms with Gasteiger partial charge in [0, 0.05) is 25.6 Å². The Labute approximate surface area is 200 Å². The molecule has 0 aliphatic heterocycles. The highest BCUT2D eigenvalue weighted by molar-refractivity contribution is 6.12. The van der Waals surface area contributed by atoms with Crippen molar-refractivity contribution in [3.8, 4) is 11.3 Å². The topological polar surface area (TPSA) is 94.8 Å². The second kappa shape index (κ2) is 12.5. The third-order valence-corrected chi connectivity index (χ3v) is 4.44. The van der Waals surface area contributed by atoms with E-state index in [0.717, 1.165) is 16.9 Å². The first-order chi connectivity index (χ1) is 16.2. The van der Waals surface area contributed by atoms with Crippen molar-refractivity contribution in [3.05, 3.63) is 66.2 Å². The quantitative estimate of drug-likeness (QED) is 0.253. The number of carbonyl (C=O) groups excluding carboxylic acids is 2. The zero-order chi connectivity index (χ0) is 25.1. The van der Waals surface area contributed by atoms with E-state index in [9.17, 15) is 9.59 Å². The number of amides is 2. The van der Waals surface area contributed by atoms with Crippen LogP contribution in [0.1, 0.15) is 53.7 Å². The van der Waals surface area contributed by atoms with Crippen LogP contribution >= 0.6 is 0 Å². The first-order valence-corrected chi connectivity index (χ1v) is 11.2. The lowest BCUT2D eigenvalue weighted by Crippen LogP contribution is -2.40. The Morgan fingerprint density at radius 3 is 2.65 bits per heavy atom. The molecule has 0 fully saturated rings. The van der Waals surface area contributed by atoms with Crippen LogP contribution in [-0.4, -0.2) is 34.3 Å². The van der Waals surface area contributed by atoms with Crippen LogP contribution in [0.15, 0.2) is 65.1 Å². The molecule has 0 aromatic carbocycles. The maximum Gasteiger partial charge on any atom is 0.423 e. The van der Waals surface area contributed by atoms with Crippen molar-refractivity contribution in [2.45, 2.75) is 60.0 Å². The Balaban J connectivity index is 2.23. The maximum atomic E-state index is 12.7. The van der Waals surface area contributed by atoms with E-state index in [2.05, 4.69) is 10.1 Å². The summed E-state index contributed by atoms with van der Waals surface area (Å²) >= 11 is 0. The minimum absolute atomic E-state index is 0.124. The van der Waals surface area contributed by atoms with Gasteiger partial charge < -0.3 is 14.0 Å². The number of ether oxygens (including phenoxy) is 2. The fourth-order valence-corrected chi connectivity index (χ4v) is 2.96. The molecule has 0 spiro atoms. The Bertz CT molecular complexity index is 1060. The normalized spacial score (nSPS) is 12.4. The zero-order valence-corrected chi connectivity index (χ0v) is 20.7. The number of aromatic nitrogens is 2. The smallest absolute Gasteiger partial charge is 0.423 e. The van der Waals surface area contributed by atoms with Gasteiger partial charge in [-0.2, -0.15) is 4.90 Å². The number of carbonyl (C=O) groups is 2. The first kappa shape index (κ1) is 26.6. The van der Waals surface area contributed by atoms with E-state index >= 15 is 0 Å². The minimum atomic E-state index is -0.806. The zero-order valence-electron chi connectivity index (χ0n) is 20.7. The molecule has 0 atom stereocenters. The number of rotatable bonds is 9. The van der Waals surface area contributed by atoms with Gasteiger partial charge in [0.1, 0.15) is 5.60 Å². The lowest BCUT2D eigenvalue weighted by atomic mass is 10.1. The lowest BCUT2D eigenvalue weighted by Gasteiger charge is -2.25. The van der Waals surface area contributed by atoms with E-state index in [0.29, 0.717) is 30.0 Å². The molecular weight excluding hydrogens is 434 g/mol. The SMILES string of the molecule is C/C=C(\C=C/CCO/C=C/C)Cc1cc(-c2cccnc2N(C(C)=O)C(=O)OC(C)(C)C)on1. The largest absolute Gasteiger partial charge is 0.501 e. The number of hydrogen-bond acceptors (Lipinski definition) is 7. The molecule has 2 amide bonds. The second-order valence-electron chi connectivity index (χ2n) is 8.46. The Morgan fingerprint density at radius 2 is 2.00 bits per heavy atom. The van der Waals surface area contributed by atoms with E-state index in [4.69, 9.17) is 14.0 Å². The van der Waals surface area contributed by atoms with Gasteiger partial charge in [-0.25, -0.2) is 9.78 Å². The number of nitrogens with zero attached hydrogens (tertiary/aromatic N) is 3. The summed E-state index contributed by atoms with van der Waals surface area (Å²) in [5.41, 5.74) is 1.46. The number of anilines is 1. The number of allylic oxidation sites excluding steroid dienone is 4. The van der Waals surface area contributed by atoms with Gasteiger partial charge in [-0.3, -0.25) is 4.79 Å². The number of pyridine rings is 1. The van der Waals surface area contributed by atoms with E-state index < -0.39 is 17.6 Å². The molecule has 8 nitrogen and oxygen atoms in total. The van der Waals surface area contributed by atoms with Gasteiger partial charge in [0.25, 0.3) is 0 Å². The summed E-state index contributed by atoms with van der Waals surface area (Å²) in [6.07, 6.45) is 11.6. The van der Waals surface area contributed by atoms with E-state index in [1.807, 2.05) is 38.2 Å². The van der Waals surface area contributed by atoms with E-state index in [-0.39, 0.29) is 5.82 Å². The van der Waals surface area contributed by atoms with Crippen LogP contribution in [0.2, 0.25) is 0 Å². The molecule has 0 aliphatic rings. The van der Waals surface area contributed by atoms with Gasteiger partial charge in [-0.1, -0.05) is 29.5 Å². The average molecular weight is 468 g/mol. The molecule has 0 bridgehead atoms. The highest BCUT2D eigenvalue weighted by Gasteiger charge is 2.30. The van der Waals surface area contributed by atoms with Gasteiger partial charge in [0.2, 0.25) is 5.91 Å². The Kier molecular flexibility index (Phi) is 9.79. The van der Waals surface area contributed by atoms with Crippen molar-refractivity contribution in [1.82, 2.24) is 10.1 Å². The standard InChI is InChI=1S/C26H33N3O5/c1-7-15-32-16-10-9-12-20(8-2)17-21-18-23(34-28-21)22-13-11-14-27-24(22)29(19(3)30)25(31)33-26(4,5)6/h7-9,11-15,18H,10,16-17H2,1-6H3/b12-9-,15-7+,20-8+. The molecule has 34 heavy (non-hydrogen) atoms. The Hall–Kier alpha value is -3.68. The fourth-order valence-electron chi connectivity index (χ4n) is 2.96. The third kappa shape index (κ3) is 8.03. The lowest BCUT2D eigenvalue weighted by molar-refractivity contribution is -0.116. The molecular formula is C26H33N3O5. The molecule has 2 rings (SSSR count). The van der Waals surface area contributed by atoms with Crippen molar-refractivity contribution >= 4 is 17.8 Å². The van der Waals surface area contributed by atoms with E-state index in [1.165, 1.54) is 13.1 Å². The first-order valence-electron chi connectivity index (χ1n) is 11.2. The fraction of sp³-hybridized carbons (Fsp3) is 0.385. The molecule has 0 saturated heterocycles. The summed E-state index contributed by atoms with van der Waals surface area (Å²) in [4.78, 5) is 30.2. The molecule has 8 heteroatoms. The van der Waals surface area contributed by atoms with E-state index in [1.54, 1.807) is 45.2 Å². The predicted molar refractivity (Wildman–Crippen MR) is 131 cm³/mol. The summed E-state index contributed by atoms with van der Waals surface area (Å²) in [5, 5.41) is 4.17. The summed E-state index contributed by atoms with van der Waals surface area (Å²) in [6.45, 7) is 10.9. The number of imide groups is 1. The van der Waals surface area contributed by atoms with Crippen LogP contribution in [0.4, 0.5) is 10.6 Å². The predicted octanol–water partition coefficient (Wildman–Crippen LogP) is 6.01. The second-order valence-corrected chi connectivity index (χ2v) is 8.46. The molecule has 0 aliphatic carbocycles. The van der Waals surface area contributed by atoms with Gasteiger partial charge in [0.15, 0.2) is 11.6 Å². The van der Waals surface area contributed by atoms with Crippen LogP contribution in [0.3, 0.4) is 0 Å². The van der Waals surface area contributed by atoms with Gasteiger partial charge >= 0.3 is 6.09 Å². The molecule has 0 unspecified atom stereocenters. The monoisotopic (exact) mass is 467 g/mol. The molecule has 2 heterocycles. The Morgan fingerprint density at radius 1 is 1.24 bits per heavy atom.